The molecule has 0 fully saturated rings. The van der Waals surface area contributed by atoms with Crippen LogP contribution in [0.2, 0.25) is 5.02 Å². The van der Waals surface area contributed by atoms with Crippen molar-refractivity contribution in [1.29, 1.82) is 0 Å². The second-order valence-electron chi connectivity index (χ2n) is 5.80. The zero-order valence-corrected chi connectivity index (χ0v) is 14.5. The predicted octanol–water partition coefficient (Wildman–Crippen LogP) is 3.21. The van der Waals surface area contributed by atoms with Crippen LogP contribution in [0, 0.1) is 5.82 Å². The summed E-state index contributed by atoms with van der Waals surface area (Å²) in [6.07, 6.45) is 2.35. The van der Waals surface area contributed by atoms with E-state index >= 15 is 0 Å². The number of sulfone groups is 1. The van der Waals surface area contributed by atoms with Crippen LogP contribution in [0.25, 0.3) is 0 Å². The lowest BCUT2D eigenvalue weighted by Gasteiger charge is -2.33. The first kappa shape index (κ1) is 18.4. The number of hydrogen-bond donors (Lipinski definition) is 1. The van der Waals surface area contributed by atoms with Gasteiger partial charge in [-0.3, -0.25) is 0 Å². The Morgan fingerprint density at radius 3 is 2.52 bits per heavy atom. The lowest BCUT2D eigenvalue weighted by atomic mass is 9.95. The molecule has 0 bridgehead atoms. The molecule has 0 amide bonds. The molecule has 0 saturated heterocycles. The highest BCUT2D eigenvalue weighted by Crippen LogP contribution is 2.26. The number of hydrogen-bond acceptors (Lipinski definition) is 3. The van der Waals surface area contributed by atoms with Crippen molar-refractivity contribution in [2.75, 3.05) is 12.8 Å². The van der Waals surface area contributed by atoms with Crippen molar-refractivity contribution < 1.29 is 12.8 Å². The fraction of sp³-hybridized carbons (Fsp3) is 0.600. The van der Waals surface area contributed by atoms with Crippen LogP contribution in [0.3, 0.4) is 0 Å². The standard InChI is InChI=1S/C15H23ClFNO2S/c1-5-9-18-13(15(2,3)21(4,19)20)10-11-7-6-8-12(16)14(11)17/h6-8,13,18H,5,9-10H2,1-4H3. The van der Waals surface area contributed by atoms with Gasteiger partial charge >= 0.3 is 0 Å². The molecule has 3 nitrogen and oxygen atoms in total. The Balaban J connectivity index is 3.12. The van der Waals surface area contributed by atoms with Gasteiger partial charge in [-0.05, 0) is 44.9 Å². The van der Waals surface area contributed by atoms with E-state index < -0.39 is 20.4 Å². The van der Waals surface area contributed by atoms with E-state index in [2.05, 4.69) is 5.32 Å². The Morgan fingerprint density at radius 1 is 1.38 bits per heavy atom. The summed E-state index contributed by atoms with van der Waals surface area (Å²) in [6, 6.07) is 4.40. The zero-order valence-electron chi connectivity index (χ0n) is 12.9. The summed E-state index contributed by atoms with van der Waals surface area (Å²) >= 11 is 5.79. The molecule has 0 aromatic heterocycles. The van der Waals surface area contributed by atoms with Gasteiger partial charge in [0.05, 0.1) is 9.77 Å². The topological polar surface area (TPSA) is 46.2 Å². The van der Waals surface area contributed by atoms with E-state index in [1.807, 2.05) is 6.92 Å². The van der Waals surface area contributed by atoms with Gasteiger partial charge in [0.15, 0.2) is 9.84 Å². The first-order valence-corrected chi connectivity index (χ1v) is 9.24. The molecule has 0 radical (unpaired) electrons. The van der Waals surface area contributed by atoms with Crippen molar-refractivity contribution in [3.8, 4) is 0 Å². The monoisotopic (exact) mass is 335 g/mol. The first-order chi connectivity index (χ1) is 9.61. The van der Waals surface area contributed by atoms with E-state index in [9.17, 15) is 12.8 Å². The Morgan fingerprint density at radius 2 is 2.00 bits per heavy atom. The van der Waals surface area contributed by atoms with Crippen molar-refractivity contribution in [2.45, 2.75) is 44.4 Å². The van der Waals surface area contributed by atoms with Crippen LogP contribution < -0.4 is 5.32 Å². The normalized spacial score (nSPS) is 14.2. The summed E-state index contributed by atoms with van der Waals surface area (Å²) in [7, 11) is -3.29. The SMILES string of the molecule is CCCNC(Cc1cccc(Cl)c1F)C(C)(C)S(C)(=O)=O. The summed E-state index contributed by atoms with van der Waals surface area (Å²) in [5.41, 5.74) is 0.424. The van der Waals surface area contributed by atoms with Crippen molar-refractivity contribution >= 4 is 21.4 Å². The fourth-order valence-corrected chi connectivity index (χ4v) is 2.94. The molecule has 0 aliphatic heterocycles. The minimum absolute atomic E-state index is 0.0545. The maximum Gasteiger partial charge on any atom is 0.154 e. The van der Waals surface area contributed by atoms with E-state index in [1.165, 1.54) is 12.3 Å². The van der Waals surface area contributed by atoms with E-state index in [1.54, 1.807) is 26.0 Å². The molecule has 1 unspecified atom stereocenters. The maximum atomic E-state index is 14.1. The van der Waals surface area contributed by atoms with E-state index in [0.717, 1.165) is 6.42 Å². The highest BCUT2D eigenvalue weighted by atomic mass is 35.5. The Hall–Kier alpha value is -0.650. The molecule has 1 N–H and O–H groups in total. The van der Waals surface area contributed by atoms with Crippen molar-refractivity contribution in [1.82, 2.24) is 5.32 Å². The zero-order chi connectivity index (χ0) is 16.3. The summed E-state index contributed by atoms with van der Waals surface area (Å²) in [4.78, 5) is 0. The van der Waals surface area contributed by atoms with Crippen LogP contribution in [-0.4, -0.2) is 32.0 Å². The van der Waals surface area contributed by atoms with Crippen molar-refractivity contribution in [2.24, 2.45) is 0 Å². The Kier molecular flexibility index (Phi) is 6.20. The third-order valence-corrected chi connectivity index (χ3v) is 6.38. The van der Waals surface area contributed by atoms with Gasteiger partial charge in [-0.1, -0.05) is 30.7 Å². The van der Waals surface area contributed by atoms with Crippen LogP contribution in [-0.2, 0) is 16.3 Å². The van der Waals surface area contributed by atoms with Crippen LogP contribution in [0.1, 0.15) is 32.8 Å². The molecule has 6 heteroatoms. The van der Waals surface area contributed by atoms with Gasteiger partial charge in [-0.2, -0.15) is 0 Å². The molecule has 1 aromatic carbocycles. The van der Waals surface area contributed by atoms with Gasteiger partial charge < -0.3 is 5.32 Å². The number of nitrogens with one attached hydrogen (secondary N) is 1. The molecule has 1 atom stereocenters. The van der Waals surface area contributed by atoms with E-state index in [-0.39, 0.29) is 17.5 Å². The molecule has 1 aromatic rings. The minimum atomic E-state index is -3.29. The molecule has 0 aliphatic carbocycles. The first-order valence-electron chi connectivity index (χ1n) is 6.97. The maximum absolute atomic E-state index is 14.1. The smallest absolute Gasteiger partial charge is 0.154 e. The van der Waals surface area contributed by atoms with E-state index in [0.29, 0.717) is 12.1 Å². The molecular formula is C15H23ClFNO2S. The average molecular weight is 336 g/mol. The molecule has 120 valence electrons. The molecule has 0 aliphatic rings. The van der Waals surface area contributed by atoms with Gasteiger partial charge in [0.25, 0.3) is 0 Å². The fourth-order valence-electron chi connectivity index (χ4n) is 2.07. The van der Waals surface area contributed by atoms with Crippen LogP contribution in [0.15, 0.2) is 18.2 Å². The summed E-state index contributed by atoms with van der Waals surface area (Å²) in [6.45, 7) is 6.00. The minimum Gasteiger partial charge on any atom is -0.312 e. The third-order valence-electron chi connectivity index (χ3n) is 3.89. The van der Waals surface area contributed by atoms with Gasteiger partial charge in [-0.25, -0.2) is 12.8 Å². The second-order valence-corrected chi connectivity index (χ2v) is 8.80. The molecular weight excluding hydrogens is 313 g/mol. The van der Waals surface area contributed by atoms with E-state index in [4.69, 9.17) is 11.6 Å². The van der Waals surface area contributed by atoms with Crippen LogP contribution >= 0.6 is 11.6 Å². The molecule has 0 heterocycles. The lowest BCUT2D eigenvalue weighted by Crippen LogP contribution is -2.53. The molecule has 1 rings (SSSR count). The third kappa shape index (κ3) is 4.41. The largest absolute Gasteiger partial charge is 0.312 e. The molecule has 0 spiro atoms. The van der Waals surface area contributed by atoms with Gasteiger partial charge in [-0.15, -0.1) is 0 Å². The quantitative estimate of drug-likeness (QED) is 0.832. The Bertz CT molecular complexity index is 587. The highest BCUT2D eigenvalue weighted by Gasteiger charge is 2.39. The van der Waals surface area contributed by atoms with Gasteiger partial charge in [0.2, 0.25) is 0 Å². The summed E-state index contributed by atoms with van der Waals surface area (Å²) < 4.78 is 37.1. The molecule has 0 saturated carbocycles. The number of halogens is 2. The predicted molar refractivity (Wildman–Crippen MR) is 86.1 cm³/mol. The van der Waals surface area contributed by atoms with Crippen LogP contribution in [0.5, 0.6) is 0 Å². The molecule has 21 heavy (non-hydrogen) atoms. The summed E-state index contributed by atoms with van der Waals surface area (Å²) in [5, 5.41) is 3.28. The van der Waals surface area contributed by atoms with Gasteiger partial charge in [0.1, 0.15) is 5.82 Å². The highest BCUT2D eigenvalue weighted by molar-refractivity contribution is 7.92. The lowest BCUT2D eigenvalue weighted by molar-refractivity contribution is 0.401. The number of benzene rings is 1. The van der Waals surface area contributed by atoms with Gasteiger partial charge in [0, 0.05) is 12.3 Å². The van der Waals surface area contributed by atoms with Crippen molar-refractivity contribution in [3.05, 3.63) is 34.6 Å². The summed E-state index contributed by atoms with van der Waals surface area (Å²) in [5.74, 6) is -0.480. The Labute approximate surface area is 131 Å². The van der Waals surface area contributed by atoms with Crippen LogP contribution in [0.4, 0.5) is 4.39 Å². The number of rotatable bonds is 7. The van der Waals surface area contributed by atoms with Crippen molar-refractivity contribution in [3.63, 3.8) is 0 Å². The second kappa shape index (κ2) is 7.07. The average Bonchev–Trinajstić information content (AvgIpc) is 2.37.